The number of carbonyl (C=O) groups is 1. The van der Waals surface area contributed by atoms with E-state index >= 15 is 0 Å². The van der Waals surface area contributed by atoms with E-state index in [1.165, 1.54) is 17.8 Å². The van der Waals surface area contributed by atoms with Crippen LogP contribution in [0.1, 0.15) is 12.6 Å². The van der Waals surface area contributed by atoms with Crippen molar-refractivity contribution in [2.45, 2.75) is 24.3 Å². The topological polar surface area (TPSA) is 84.1 Å². The highest BCUT2D eigenvalue weighted by Gasteiger charge is 2.16. The summed E-state index contributed by atoms with van der Waals surface area (Å²) in [6.45, 7) is 3.50. The molecule has 27 heavy (non-hydrogen) atoms. The molecule has 1 aromatic heterocycles. The zero-order valence-electron chi connectivity index (χ0n) is 14.9. The van der Waals surface area contributed by atoms with Gasteiger partial charge in [0.25, 0.3) is 5.56 Å². The molecule has 7 heteroatoms. The summed E-state index contributed by atoms with van der Waals surface area (Å²) in [6.07, 6.45) is 0. The molecule has 0 radical (unpaired) electrons. The fraction of sp³-hybridized carbons (Fsp3) is 0.150. The van der Waals surface area contributed by atoms with Crippen LogP contribution in [0.4, 0.5) is 5.69 Å². The van der Waals surface area contributed by atoms with Gasteiger partial charge >= 0.3 is 0 Å². The Morgan fingerprint density at radius 3 is 2.44 bits per heavy atom. The zero-order chi connectivity index (χ0) is 19.2. The van der Waals surface area contributed by atoms with Crippen LogP contribution < -0.4 is 15.6 Å². The molecule has 1 atom stereocenters. The van der Waals surface area contributed by atoms with Crippen LogP contribution in [-0.4, -0.2) is 21.1 Å². The molecule has 1 heterocycles. The lowest BCUT2D eigenvalue weighted by Gasteiger charge is -2.12. The number of para-hydroxylation sites is 1. The number of nitrogens with one attached hydrogen (secondary N) is 2. The Kier molecular flexibility index (Phi) is 5.93. The normalized spacial score (nSPS) is 11.6. The first-order chi connectivity index (χ1) is 13.0. The molecular formula is C20H19N3O3S. The van der Waals surface area contributed by atoms with Crippen LogP contribution in [0.3, 0.4) is 0 Å². The fourth-order valence-electron chi connectivity index (χ4n) is 2.30. The summed E-state index contributed by atoms with van der Waals surface area (Å²) in [6, 6.07) is 18.0. The second kappa shape index (κ2) is 8.55. The van der Waals surface area contributed by atoms with Gasteiger partial charge < -0.3 is 15.0 Å². The van der Waals surface area contributed by atoms with Gasteiger partial charge in [-0.05, 0) is 50.2 Å². The quantitative estimate of drug-likeness (QED) is 0.498. The number of carbonyl (C=O) groups excluding carboxylic acids is 1. The smallest absolute Gasteiger partial charge is 0.251 e. The van der Waals surface area contributed by atoms with Crippen molar-refractivity contribution in [3.8, 4) is 11.5 Å². The predicted molar refractivity (Wildman–Crippen MR) is 107 cm³/mol. The minimum atomic E-state index is -0.421. The van der Waals surface area contributed by atoms with Crippen molar-refractivity contribution in [2.24, 2.45) is 0 Å². The van der Waals surface area contributed by atoms with Gasteiger partial charge in [-0.15, -0.1) is 0 Å². The predicted octanol–water partition coefficient (Wildman–Crippen LogP) is 3.99. The van der Waals surface area contributed by atoms with E-state index < -0.39 is 5.25 Å². The van der Waals surface area contributed by atoms with Crippen LogP contribution in [0.2, 0.25) is 0 Å². The molecule has 0 aliphatic carbocycles. The summed E-state index contributed by atoms with van der Waals surface area (Å²) >= 11 is 1.20. The Labute approximate surface area is 161 Å². The van der Waals surface area contributed by atoms with Gasteiger partial charge in [-0.2, -0.15) is 0 Å². The highest BCUT2D eigenvalue weighted by atomic mass is 32.2. The lowest BCUT2D eigenvalue weighted by molar-refractivity contribution is -0.115. The van der Waals surface area contributed by atoms with Crippen LogP contribution in [0, 0.1) is 6.92 Å². The number of nitrogens with zero attached hydrogens (tertiary/aromatic N) is 1. The average Bonchev–Trinajstić information content (AvgIpc) is 2.63. The molecule has 3 aromatic rings. The molecule has 0 aliphatic heterocycles. The van der Waals surface area contributed by atoms with Gasteiger partial charge in [0, 0.05) is 17.4 Å². The van der Waals surface area contributed by atoms with Crippen LogP contribution in [-0.2, 0) is 4.79 Å². The van der Waals surface area contributed by atoms with E-state index in [9.17, 15) is 9.59 Å². The van der Waals surface area contributed by atoms with Gasteiger partial charge in [-0.1, -0.05) is 30.0 Å². The number of aromatic nitrogens is 2. The number of H-pyrrole nitrogens is 1. The Morgan fingerprint density at radius 2 is 1.78 bits per heavy atom. The minimum Gasteiger partial charge on any atom is -0.457 e. The number of thioether (sulfide) groups is 1. The molecule has 2 N–H and O–H groups in total. The van der Waals surface area contributed by atoms with E-state index in [1.54, 1.807) is 38.1 Å². The number of amides is 1. The van der Waals surface area contributed by atoms with Gasteiger partial charge in [0.05, 0.1) is 5.25 Å². The fourth-order valence-corrected chi connectivity index (χ4v) is 3.16. The maximum absolute atomic E-state index is 12.4. The molecule has 0 spiro atoms. The Hall–Kier alpha value is -3.06. The number of ether oxygens (including phenoxy) is 1. The number of hydrogen-bond donors (Lipinski definition) is 2. The number of aromatic amines is 1. The number of benzene rings is 2. The largest absolute Gasteiger partial charge is 0.457 e. The Balaban J connectivity index is 1.59. The van der Waals surface area contributed by atoms with E-state index in [0.717, 1.165) is 5.75 Å². The molecule has 1 unspecified atom stereocenters. The van der Waals surface area contributed by atoms with Crippen molar-refractivity contribution >= 4 is 23.4 Å². The highest BCUT2D eigenvalue weighted by Crippen LogP contribution is 2.24. The molecule has 0 aliphatic rings. The van der Waals surface area contributed by atoms with Gasteiger partial charge in [0.15, 0.2) is 5.16 Å². The van der Waals surface area contributed by atoms with E-state index in [-0.39, 0.29) is 11.5 Å². The molecule has 2 aromatic carbocycles. The highest BCUT2D eigenvalue weighted by molar-refractivity contribution is 8.00. The van der Waals surface area contributed by atoms with Crippen molar-refractivity contribution < 1.29 is 9.53 Å². The first kappa shape index (κ1) is 18.7. The van der Waals surface area contributed by atoms with Crippen molar-refractivity contribution in [2.75, 3.05) is 5.32 Å². The number of rotatable bonds is 6. The minimum absolute atomic E-state index is 0.180. The number of aryl methyl sites for hydroxylation is 1. The Morgan fingerprint density at radius 1 is 1.11 bits per heavy atom. The van der Waals surface area contributed by atoms with Gasteiger partial charge in [0.1, 0.15) is 11.5 Å². The molecule has 6 nitrogen and oxygen atoms in total. The number of anilines is 1. The third kappa shape index (κ3) is 5.46. The van der Waals surface area contributed by atoms with Crippen molar-refractivity contribution in [3.63, 3.8) is 0 Å². The summed E-state index contributed by atoms with van der Waals surface area (Å²) in [4.78, 5) is 30.7. The molecule has 0 bridgehead atoms. The standard InChI is InChI=1S/C20H19N3O3S/c1-13-12-18(24)23-20(21-13)27-14(2)19(25)22-15-8-10-17(11-9-15)26-16-6-4-3-5-7-16/h3-12,14H,1-2H3,(H,22,25)(H,21,23,24). The van der Waals surface area contributed by atoms with Crippen LogP contribution in [0.25, 0.3) is 0 Å². The van der Waals surface area contributed by atoms with Gasteiger partial charge in [-0.25, -0.2) is 4.98 Å². The number of hydrogen-bond acceptors (Lipinski definition) is 5. The maximum atomic E-state index is 12.4. The summed E-state index contributed by atoms with van der Waals surface area (Å²) in [7, 11) is 0. The average molecular weight is 381 g/mol. The third-order valence-corrected chi connectivity index (χ3v) is 4.59. The second-order valence-corrected chi connectivity index (χ2v) is 7.21. The SMILES string of the molecule is Cc1cc(=O)[nH]c(SC(C)C(=O)Nc2ccc(Oc3ccccc3)cc2)n1. The second-order valence-electron chi connectivity index (χ2n) is 5.88. The zero-order valence-corrected chi connectivity index (χ0v) is 15.7. The van der Waals surface area contributed by atoms with Crippen LogP contribution in [0.15, 0.2) is 70.6 Å². The molecule has 3 rings (SSSR count). The van der Waals surface area contributed by atoms with E-state index in [4.69, 9.17) is 4.74 Å². The molecule has 138 valence electrons. The third-order valence-electron chi connectivity index (χ3n) is 3.61. The molecule has 1 amide bonds. The first-order valence-electron chi connectivity index (χ1n) is 8.38. The summed E-state index contributed by atoms with van der Waals surface area (Å²) in [5.74, 6) is 1.25. The summed E-state index contributed by atoms with van der Waals surface area (Å²) in [5.41, 5.74) is 1.05. The maximum Gasteiger partial charge on any atom is 0.251 e. The molecule has 0 saturated heterocycles. The first-order valence-corrected chi connectivity index (χ1v) is 9.26. The van der Waals surface area contributed by atoms with E-state index in [2.05, 4.69) is 15.3 Å². The van der Waals surface area contributed by atoms with Crippen LogP contribution >= 0.6 is 11.8 Å². The van der Waals surface area contributed by atoms with Crippen LogP contribution in [0.5, 0.6) is 11.5 Å². The van der Waals surface area contributed by atoms with E-state index in [0.29, 0.717) is 22.3 Å². The lowest BCUT2D eigenvalue weighted by Crippen LogP contribution is -2.23. The summed E-state index contributed by atoms with van der Waals surface area (Å²) in [5, 5.41) is 2.85. The van der Waals surface area contributed by atoms with Gasteiger partial charge in [-0.3, -0.25) is 9.59 Å². The monoisotopic (exact) mass is 381 g/mol. The Bertz CT molecular complexity index is 972. The molecule has 0 fully saturated rings. The molecular weight excluding hydrogens is 362 g/mol. The summed E-state index contributed by atoms with van der Waals surface area (Å²) < 4.78 is 5.73. The lowest BCUT2D eigenvalue weighted by atomic mass is 10.3. The van der Waals surface area contributed by atoms with Gasteiger partial charge in [0.2, 0.25) is 5.91 Å². The van der Waals surface area contributed by atoms with E-state index in [1.807, 2.05) is 30.3 Å². The van der Waals surface area contributed by atoms with Crippen molar-refractivity contribution in [1.29, 1.82) is 0 Å². The van der Waals surface area contributed by atoms with Crippen molar-refractivity contribution in [1.82, 2.24) is 9.97 Å². The van der Waals surface area contributed by atoms with Crippen molar-refractivity contribution in [3.05, 3.63) is 76.7 Å². The molecule has 0 saturated carbocycles.